The summed E-state index contributed by atoms with van der Waals surface area (Å²) in [5.41, 5.74) is 0.973. The summed E-state index contributed by atoms with van der Waals surface area (Å²) in [6, 6.07) is 17.9. The maximum atomic E-state index is 13.0. The Morgan fingerprint density at radius 2 is 1.73 bits per heavy atom. The van der Waals surface area contributed by atoms with E-state index in [4.69, 9.17) is 18.9 Å². The topological polar surface area (TPSA) is 136 Å². The van der Waals surface area contributed by atoms with E-state index in [0.29, 0.717) is 54.1 Å². The van der Waals surface area contributed by atoms with E-state index in [-0.39, 0.29) is 11.9 Å². The molecule has 12 nitrogen and oxygen atoms in total. The fourth-order valence-electron chi connectivity index (χ4n) is 4.79. The minimum absolute atomic E-state index is 0.238. The molecule has 1 saturated heterocycles. The molecule has 0 radical (unpaired) electrons. The molecular formula is C33H38N6O6. The van der Waals surface area contributed by atoms with Gasteiger partial charge in [0.1, 0.15) is 17.1 Å². The fourth-order valence-corrected chi connectivity index (χ4v) is 4.79. The number of carbonyl (C=O) groups excluding carboxylic acids is 2. The van der Waals surface area contributed by atoms with E-state index in [0.717, 1.165) is 30.4 Å². The zero-order valence-electron chi connectivity index (χ0n) is 25.9. The maximum Gasteiger partial charge on any atom is 0.412 e. The summed E-state index contributed by atoms with van der Waals surface area (Å²) < 4.78 is 22.4. The van der Waals surface area contributed by atoms with Crippen LogP contribution in [0.25, 0.3) is 10.8 Å². The molecule has 0 atom stereocenters. The van der Waals surface area contributed by atoms with Crippen LogP contribution in [0.5, 0.6) is 17.4 Å². The molecule has 3 aromatic carbocycles. The molecule has 236 valence electrons. The van der Waals surface area contributed by atoms with Crippen LogP contribution < -0.4 is 25.4 Å². The Kier molecular flexibility index (Phi) is 9.95. The van der Waals surface area contributed by atoms with Gasteiger partial charge in [-0.1, -0.05) is 24.3 Å². The molecule has 4 aromatic rings. The van der Waals surface area contributed by atoms with Crippen LogP contribution in [0.2, 0.25) is 0 Å². The SMILES string of the molecule is COc1ccc(Nc2nccc(Oc3ccc(NC(=O)OC(C)(C)C)c4ccccc34)n2)cc1C(=O)NCCN1CCOCC1. The number of hydrogen-bond acceptors (Lipinski definition) is 10. The van der Waals surface area contributed by atoms with E-state index in [1.54, 1.807) is 42.6 Å². The van der Waals surface area contributed by atoms with Crippen molar-refractivity contribution in [3.8, 4) is 17.4 Å². The highest BCUT2D eigenvalue weighted by Crippen LogP contribution is 2.34. The minimum atomic E-state index is -0.620. The molecule has 0 saturated carbocycles. The zero-order valence-corrected chi connectivity index (χ0v) is 25.9. The number of fused-ring (bicyclic) bond motifs is 1. The van der Waals surface area contributed by atoms with E-state index >= 15 is 0 Å². The van der Waals surface area contributed by atoms with Crippen LogP contribution in [0.15, 0.2) is 66.9 Å². The molecule has 45 heavy (non-hydrogen) atoms. The summed E-state index contributed by atoms with van der Waals surface area (Å²) in [5.74, 6) is 1.35. The third-order valence-electron chi connectivity index (χ3n) is 6.88. The highest BCUT2D eigenvalue weighted by atomic mass is 16.6. The molecule has 2 heterocycles. The van der Waals surface area contributed by atoms with Crippen molar-refractivity contribution in [2.45, 2.75) is 26.4 Å². The van der Waals surface area contributed by atoms with E-state index in [2.05, 4.69) is 30.8 Å². The summed E-state index contributed by atoms with van der Waals surface area (Å²) in [6.45, 7) is 9.81. The lowest BCUT2D eigenvalue weighted by Gasteiger charge is -2.26. The maximum absolute atomic E-state index is 13.0. The van der Waals surface area contributed by atoms with Crippen molar-refractivity contribution in [1.82, 2.24) is 20.2 Å². The van der Waals surface area contributed by atoms with Gasteiger partial charge in [-0.15, -0.1) is 0 Å². The van der Waals surface area contributed by atoms with Gasteiger partial charge >= 0.3 is 6.09 Å². The number of hydrogen-bond donors (Lipinski definition) is 3. The molecule has 1 aromatic heterocycles. The van der Waals surface area contributed by atoms with Gasteiger partial charge in [-0.3, -0.25) is 15.0 Å². The van der Waals surface area contributed by atoms with Gasteiger partial charge < -0.3 is 29.6 Å². The van der Waals surface area contributed by atoms with Crippen molar-refractivity contribution < 1.29 is 28.5 Å². The van der Waals surface area contributed by atoms with Gasteiger partial charge in [-0.05, 0) is 51.1 Å². The molecule has 1 fully saturated rings. The smallest absolute Gasteiger partial charge is 0.412 e. The number of amides is 2. The first-order valence-electron chi connectivity index (χ1n) is 14.7. The van der Waals surface area contributed by atoms with Crippen LogP contribution in [0.4, 0.5) is 22.1 Å². The summed E-state index contributed by atoms with van der Waals surface area (Å²) in [5, 5.41) is 10.5. The second-order valence-electron chi connectivity index (χ2n) is 11.4. The third-order valence-corrected chi connectivity index (χ3v) is 6.88. The predicted molar refractivity (Wildman–Crippen MR) is 172 cm³/mol. The first-order chi connectivity index (χ1) is 21.7. The second kappa shape index (κ2) is 14.2. The van der Waals surface area contributed by atoms with Crippen LogP contribution in [0.1, 0.15) is 31.1 Å². The van der Waals surface area contributed by atoms with Crippen LogP contribution in [0.3, 0.4) is 0 Å². The number of methoxy groups -OCH3 is 1. The zero-order chi connectivity index (χ0) is 31.8. The Bertz CT molecular complexity index is 1650. The number of benzene rings is 3. The molecule has 0 aliphatic carbocycles. The number of nitrogens with zero attached hydrogens (tertiary/aromatic N) is 3. The van der Waals surface area contributed by atoms with Crippen molar-refractivity contribution in [2.24, 2.45) is 0 Å². The van der Waals surface area contributed by atoms with Crippen LogP contribution in [-0.2, 0) is 9.47 Å². The number of nitrogens with one attached hydrogen (secondary N) is 3. The van der Waals surface area contributed by atoms with Crippen molar-refractivity contribution in [1.29, 1.82) is 0 Å². The lowest BCUT2D eigenvalue weighted by Crippen LogP contribution is -2.41. The molecule has 0 spiro atoms. The van der Waals surface area contributed by atoms with Crippen LogP contribution in [0, 0.1) is 0 Å². The molecule has 12 heteroatoms. The largest absolute Gasteiger partial charge is 0.496 e. The Balaban J connectivity index is 1.28. The molecule has 0 bridgehead atoms. The minimum Gasteiger partial charge on any atom is -0.496 e. The summed E-state index contributed by atoms with van der Waals surface area (Å²) in [7, 11) is 1.53. The van der Waals surface area contributed by atoms with Gasteiger partial charge in [-0.25, -0.2) is 9.78 Å². The number of anilines is 3. The van der Waals surface area contributed by atoms with Gasteiger partial charge in [-0.2, -0.15) is 4.98 Å². The van der Waals surface area contributed by atoms with Crippen LogP contribution >= 0.6 is 0 Å². The number of carbonyl (C=O) groups is 2. The fraction of sp³-hybridized carbons (Fsp3) is 0.333. The molecule has 0 unspecified atom stereocenters. The Morgan fingerprint density at radius 3 is 2.49 bits per heavy atom. The van der Waals surface area contributed by atoms with E-state index < -0.39 is 11.7 Å². The summed E-state index contributed by atoms with van der Waals surface area (Å²) in [4.78, 5) is 36.5. The van der Waals surface area contributed by atoms with E-state index in [1.807, 2.05) is 45.0 Å². The third kappa shape index (κ3) is 8.58. The van der Waals surface area contributed by atoms with Gasteiger partial charge in [0.05, 0.1) is 31.6 Å². The van der Waals surface area contributed by atoms with Crippen molar-refractivity contribution in [3.05, 3.63) is 72.4 Å². The number of morpholine rings is 1. The first kappa shape index (κ1) is 31.5. The van der Waals surface area contributed by atoms with Gasteiger partial charge in [0.25, 0.3) is 5.91 Å². The van der Waals surface area contributed by atoms with Gasteiger partial charge in [0.2, 0.25) is 11.8 Å². The first-order valence-corrected chi connectivity index (χ1v) is 14.7. The van der Waals surface area contributed by atoms with Crippen LogP contribution in [-0.4, -0.2) is 79.0 Å². The molecule has 3 N–H and O–H groups in total. The highest BCUT2D eigenvalue weighted by Gasteiger charge is 2.19. The standard InChI is InChI=1S/C33H38N6O6/c1-33(2,3)45-32(41)37-26-10-12-28(24-8-6-5-7-23(24)26)44-29-13-14-35-31(38-29)36-22-9-11-27(42-4)25(21-22)30(40)34-15-16-39-17-19-43-20-18-39/h5-14,21H,15-20H2,1-4H3,(H,34,40)(H,37,41)(H,35,36,38). The monoisotopic (exact) mass is 614 g/mol. The van der Waals surface area contributed by atoms with Crippen molar-refractivity contribution in [2.75, 3.05) is 57.1 Å². The van der Waals surface area contributed by atoms with Gasteiger partial charge in [0.15, 0.2) is 0 Å². The van der Waals surface area contributed by atoms with E-state index in [1.165, 1.54) is 7.11 Å². The lowest BCUT2D eigenvalue weighted by atomic mass is 10.1. The van der Waals surface area contributed by atoms with Crippen molar-refractivity contribution >= 4 is 40.1 Å². The summed E-state index contributed by atoms with van der Waals surface area (Å²) in [6.07, 6.45) is 1.04. The normalized spacial score (nSPS) is 13.6. The Morgan fingerprint density at radius 1 is 0.978 bits per heavy atom. The Labute approximate surface area is 262 Å². The molecule has 1 aliphatic rings. The lowest BCUT2D eigenvalue weighted by molar-refractivity contribution is 0.0383. The molecule has 1 aliphatic heterocycles. The average Bonchev–Trinajstić information content (AvgIpc) is 3.02. The predicted octanol–water partition coefficient (Wildman–Crippen LogP) is 5.58. The number of ether oxygens (including phenoxy) is 4. The molecule has 2 amide bonds. The second-order valence-corrected chi connectivity index (χ2v) is 11.4. The number of aromatic nitrogens is 2. The quantitative estimate of drug-likeness (QED) is 0.208. The highest BCUT2D eigenvalue weighted by molar-refractivity contribution is 6.03. The molecule has 5 rings (SSSR count). The van der Waals surface area contributed by atoms with Gasteiger partial charge in [0, 0.05) is 54.9 Å². The number of rotatable bonds is 10. The van der Waals surface area contributed by atoms with E-state index in [9.17, 15) is 9.59 Å². The summed E-state index contributed by atoms with van der Waals surface area (Å²) >= 11 is 0. The van der Waals surface area contributed by atoms with Crippen molar-refractivity contribution in [3.63, 3.8) is 0 Å². The average molecular weight is 615 g/mol. The molecular weight excluding hydrogens is 576 g/mol. The Hall–Kier alpha value is -4.94.